The third kappa shape index (κ3) is 6.26. The summed E-state index contributed by atoms with van der Waals surface area (Å²) in [4.78, 5) is 16.3. The second-order valence-corrected chi connectivity index (χ2v) is 8.25. The van der Waals surface area contributed by atoms with Gasteiger partial charge in [0.2, 0.25) is 15.9 Å². The molecule has 0 aliphatic carbocycles. The van der Waals surface area contributed by atoms with Gasteiger partial charge in [-0.05, 0) is 19.1 Å². The molecule has 1 aliphatic rings. The highest BCUT2D eigenvalue weighted by Crippen LogP contribution is 2.18. The highest BCUT2D eigenvalue weighted by molar-refractivity contribution is 7.88. The van der Waals surface area contributed by atoms with Crippen LogP contribution in [-0.2, 0) is 19.6 Å². The Morgan fingerprint density at radius 2 is 2.24 bits per heavy atom. The zero-order valence-corrected chi connectivity index (χ0v) is 15.6. The Balaban J connectivity index is 1.89. The van der Waals surface area contributed by atoms with Crippen LogP contribution in [0.1, 0.15) is 18.5 Å². The molecule has 1 N–H and O–H groups in total. The van der Waals surface area contributed by atoms with Gasteiger partial charge in [-0.3, -0.25) is 9.78 Å². The number of hydrogen-bond donors (Lipinski definition) is 1. The number of aromatic nitrogens is 1. The molecular formula is C16H25N3O5S. The fraction of sp³-hybridized carbons (Fsp3) is 0.625. The molecule has 1 saturated heterocycles. The van der Waals surface area contributed by atoms with Crippen LogP contribution in [0.15, 0.2) is 18.3 Å². The summed E-state index contributed by atoms with van der Waals surface area (Å²) in [5.74, 6) is 0.412. The largest absolute Gasteiger partial charge is 0.486 e. The molecule has 2 rings (SSSR count). The van der Waals surface area contributed by atoms with Crippen molar-refractivity contribution in [2.45, 2.75) is 31.9 Å². The fourth-order valence-corrected chi connectivity index (χ4v) is 2.82. The van der Waals surface area contributed by atoms with Gasteiger partial charge in [0.05, 0.1) is 31.7 Å². The minimum absolute atomic E-state index is 0.0822. The van der Waals surface area contributed by atoms with Gasteiger partial charge in [0, 0.05) is 32.1 Å². The normalized spacial score (nSPS) is 21.1. The van der Waals surface area contributed by atoms with Gasteiger partial charge in [0.1, 0.15) is 11.9 Å². The number of rotatable bonds is 7. The van der Waals surface area contributed by atoms with Crippen molar-refractivity contribution in [2.24, 2.45) is 0 Å². The summed E-state index contributed by atoms with van der Waals surface area (Å²) < 4.78 is 35.2. The molecule has 2 atom stereocenters. The lowest BCUT2D eigenvalue weighted by atomic mass is 10.1. The zero-order valence-electron chi connectivity index (χ0n) is 14.8. The molecule has 2 heterocycles. The van der Waals surface area contributed by atoms with E-state index in [1.165, 1.54) is 7.05 Å². The summed E-state index contributed by atoms with van der Waals surface area (Å²) >= 11 is 0. The first-order valence-electron chi connectivity index (χ1n) is 8.13. The van der Waals surface area contributed by atoms with Gasteiger partial charge in [-0.1, -0.05) is 0 Å². The number of pyridine rings is 1. The van der Waals surface area contributed by atoms with Crippen LogP contribution in [-0.4, -0.2) is 68.8 Å². The van der Waals surface area contributed by atoms with Crippen LogP contribution in [0.4, 0.5) is 0 Å². The monoisotopic (exact) mass is 371 g/mol. The van der Waals surface area contributed by atoms with Crippen molar-refractivity contribution >= 4 is 15.9 Å². The molecule has 1 amide bonds. The van der Waals surface area contributed by atoms with Crippen LogP contribution in [0.3, 0.4) is 0 Å². The average molecular weight is 371 g/mol. The van der Waals surface area contributed by atoms with E-state index in [4.69, 9.17) is 9.47 Å². The van der Waals surface area contributed by atoms with Gasteiger partial charge in [-0.15, -0.1) is 0 Å². The Morgan fingerprint density at radius 1 is 1.48 bits per heavy atom. The number of carbonyl (C=O) groups excluding carboxylic acids is 1. The van der Waals surface area contributed by atoms with E-state index in [2.05, 4.69) is 10.3 Å². The lowest BCUT2D eigenvalue weighted by molar-refractivity contribution is -0.124. The number of aryl methyl sites for hydroxylation is 1. The van der Waals surface area contributed by atoms with E-state index in [0.717, 1.165) is 16.3 Å². The molecule has 0 unspecified atom stereocenters. The Morgan fingerprint density at radius 3 is 2.88 bits per heavy atom. The maximum atomic E-state index is 12.1. The van der Waals surface area contributed by atoms with Crippen molar-refractivity contribution in [1.29, 1.82) is 0 Å². The summed E-state index contributed by atoms with van der Waals surface area (Å²) in [6.07, 6.45) is 3.29. The van der Waals surface area contributed by atoms with E-state index >= 15 is 0 Å². The first-order valence-corrected chi connectivity index (χ1v) is 9.98. The Bertz CT molecular complexity index is 678. The Hall–Kier alpha value is -1.71. The van der Waals surface area contributed by atoms with Crippen molar-refractivity contribution in [3.05, 3.63) is 24.0 Å². The van der Waals surface area contributed by atoms with Crippen LogP contribution >= 0.6 is 0 Å². The molecule has 140 valence electrons. The molecule has 1 aromatic heterocycles. The standard InChI is InChI=1S/C16H25N3O5S/c1-12-4-5-13(10-17-12)24-15-7-9-23-11-14(15)18-16(20)6-8-19(2)25(3,21)22/h4-5,10,14-15H,6-9,11H2,1-3H3,(H,18,20)/t14-,15+/m0/s1. The first-order chi connectivity index (χ1) is 11.8. The average Bonchev–Trinajstić information content (AvgIpc) is 2.55. The van der Waals surface area contributed by atoms with E-state index in [-0.39, 0.29) is 31.0 Å². The molecule has 1 aliphatic heterocycles. The molecular weight excluding hydrogens is 346 g/mol. The van der Waals surface area contributed by atoms with Crippen molar-refractivity contribution in [3.63, 3.8) is 0 Å². The Labute approximate surface area is 148 Å². The highest BCUT2D eigenvalue weighted by Gasteiger charge is 2.29. The quantitative estimate of drug-likeness (QED) is 0.741. The fourth-order valence-electron chi connectivity index (χ4n) is 2.40. The van der Waals surface area contributed by atoms with Crippen molar-refractivity contribution in [1.82, 2.24) is 14.6 Å². The molecule has 0 aromatic carbocycles. The molecule has 1 aromatic rings. The minimum atomic E-state index is -3.29. The van der Waals surface area contributed by atoms with E-state index < -0.39 is 10.0 Å². The number of nitrogens with one attached hydrogen (secondary N) is 1. The summed E-state index contributed by atoms with van der Waals surface area (Å²) in [7, 11) is -1.84. The SMILES string of the molecule is Cc1ccc(O[C@@H]2CCOC[C@@H]2NC(=O)CCN(C)S(C)(=O)=O)cn1. The van der Waals surface area contributed by atoms with Crippen LogP contribution in [0.2, 0.25) is 0 Å². The van der Waals surface area contributed by atoms with E-state index in [1.54, 1.807) is 6.20 Å². The van der Waals surface area contributed by atoms with Crippen molar-refractivity contribution in [3.8, 4) is 5.75 Å². The second kappa shape index (κ2) is 8.59. The summed E-state index contributed by atoms with van der Waals surface area (Å²) in [6, 6.07) is 3.42. The predicted molar refractivity (Wildman–Crippen MR) is 92.8 cm³/mol. The highest BCUT2D eigenvalue weighted by atomic mass is 32.2. The molecule has 1 fully saturated rings. The van der Waals surface area contributed by atoms with Gasteiger partial charge in [-0.25, -0.2) is 12.7 Å². The topological polar surface area (TPSA) is 97.8 Å². The lowest BCUT2D eigenvalue weighted by Crippen LogP contribution is -2.52. The van der Waals surface area contributed by atoms with Crippen molar-refractivity contribution < 1.29 is 22.7 Å². The van der Waals surface area contributed by atoms with Gasteiger partial charge >= 0.3 is 0 Å². The number of sulfonamides is 1. The number of nitrogens with zero attached hydrogens (tertiary/aromatic N) is 2. The van der Waals surface area contributed by atoms with E-state index in [9.17, 15) is 13.2 Å². The maximum absolute atomic E-state index is 12.1. The van der Waals surface area contributed by atoms with Gasteiger partial charge in [-0.2, -0.15) is 0 Å². The van der Waals surface area contributed by atoms with Gasteiger partial charge in [0.15, 0.2) is 0 Å². The first kappa shape index (κ1) is 19.6. The maximum Gasteiger partial charge on any atom is 0.221 e. The Kier molecular flexibility index (Phi) is 6.74. The van der Waals surface area contributed by atoms with Crippen LogP contribution < -0.4 is 10.1 Å². The third-order valence-electron chi connectivity index (χ3n) is 4.03. The number of ether oxygens (including phenoxy) is 2. The molecule has 0 saturated carbocycles. The van der Waals surface area contributed by atoms with Crippen LogP contribution in [0, 0.1) is 6.92 Å². The molecule has 0 bridgehead atoms. The minimum Gasteiger partial charge on any atom is -0.486 e. The van der Waals surface area contributed by atoms with E-state index in [0.29, 0.717) is 25.4 Å². The number of amides is 1. The second-order valence-electron chi connectivity index (χ2n) is 6.16. The number of hydrogen-bond acceptors (Lipinski definition) is 6. The summed E-state index contributed by atoms with van der Waals surface area (Å²) in [5.41, 5.74) is 0.902. The number of carbonyl (C=O) groups is 1. The molecule has 8 nitrogen and oxygen atoms in total. The van der Waals surface area contributed by atoms with Crippen molar-refractivity contribution in [2.75, 3.05) is 33.1 Å². The molecule has 25 heavy (non-hydrogen) atoms. The van der Waals surface area contributed by atoms with Gasteiger partial charge < -0.3 is 14.8 Å². The summed E-state index contributed by atoms with van der Waals surface area (Å²) in [6.45, 7) is 2.95. The predicted octanol–water partition coefficient (Wildman–Crippen LogP) is 0.324. The summed E-state index contributed by atoms with van der Waals surface area (Å²) in [5, 5.41) is 2.88. The van der Waals surface area contributed by atoms with E-state index in [1.807, 2.05) is 19.1 Å². The third-order valence-corrected chi connectivity index (χ3v) is 5.35. The lowest BCUT2D eigenvalue weighted by Gasteiger charge is -2.32. The molecule has 0 radical (unpaired) electrons. The zero-order chi connectivity index (χ0) is 18.4. The van der Waals surface area contributed by atoms with Crippen LogP contribution in [0.25, 0.3) is 0 Å². The smallest absolute Gasteiger partial charge is 0.221 e. The van der Waals surface area contributed by atoms with Gasteiger partial charge in [0.25, 0.3) is 0 Å². The molecule has 9 heteroatoms. The van der Waals surface area contributed by atoms with Crippen LogP contribution in [0.5, 0.6) is 5.75 Å². The molecule has 0 spiro atoms.